The number of amides is 1. The molecule has 132 valence electrons. The van der Waals surface area contributed by atoms with E-state index in [1.54, 1.807) is 6.07 Å². The molecule has 0 aliphatic carbocycles. The van der Waals surface area contributed by atoms with Gasteiger partial charge in [0.2, 0.25) is 5.91 Å². The molecule has 1 N–H and O–H groups in total. The highest BCUT2D eigenvalue weighted by Gasteiger charge is 2.18. The van der Waals surface area contributed by atoms with Crippen LogP contribution in [-0.4, -0.2) is 48.5 Å². The summed E-state index contributed by atoms with van der Waals surface area (Å²) in [6, 6.07) is 11.5. The van der Waals surface area contributed by atoms with E-state index in [0.29, 0.717) is 11.4 Å². The standard InChI is InChI=1S/C19H23ClN4O/c1-15-5-6-16(20)14-17(15)22-19(25)7-9-23-10-12-24(13-11-23)18-4-2-3-8-21-18/h2-6,8,14H,7,9-13H2,1H3,(H,22,25). The Labute approximate surface area is 153 Å². The normalized spacial score (nSPS) is 15.2. The molecule has 5 nitrogen and oxygen atoms in total. The van der Waals surface area contributed by atoms with Crippen LogP contribution in [0.5, 0.6) is 0 Å². The van der Waals surface area contributed by atoms with Crippen molar-refractivity contribution in [1.29, 1.82) is 0 Å². The smallest absolute Gasteiger partial charge is 0.225 e. The highest BCUT2D eigenvalue weighted by Crippen LogP contribution is 2.20. The van der Waals surface area contributed by atoms with Crippen molar-refractivity contribution < 1.29 is 4.79 Å². The van der Waals surface area contributed by atoms with Gasteiger partial charge in [-0.1, -0.05) is 23.7 Å². The van der Waals surface area contributed by atoms with Crippen molar-refractivity contribution in [3.05, 3.63) is 53.2 Å². The second-order valence-corrected chi connectivity index (χ2v) is 6.71. The highest BCUT2D eigenvalue weighted by atomic mass is 35.5. The number of anilines is 2. The van der Waals surface area contributed by atoms with Crippen LogP contribution in [0.25, 0.3) is 0 Å². The number of hydrogen-bond acceptors (Lipinski definition) is 4. The highest BCUT2D eigenvalue weighted by molar-refractivity contribution is 6.31. The van der Waals surface area contributed by atoms with E-state index in [0.717, 1.165) is 49.8 Å². The van der Waals surface area contributed by atoms with Crippen LogP contribution >= 0.6 is 11.6 Å². The van der Waals surface area contributed by atoms with Crippen molar-refractivity contribution in [2.24, 2.45) is 0 Å². The zero-order chi connectivity index (χ0) is 17.6. The third-order valence-corrected chi connectivity index (χ3v) is 4.71. The molecule has 25 heavy (non-hydrogen) atoms. The van der Waals surface area contributed by atoms with Crippen molar-refractivity contribution in [2.45, 2.75) is 13.3 Å². The summed E-state index contributed by atoms with van der Waals surface area (Å²) in [7, 11) is 0. The summed E-state index contributed by atoms with van der Waals surface area (Å²) in [5.41, 5.74) is 1.80. The lowest BCUT2D eigenvalue weighted by atomic mass is 10.2. The Morgan fingerprint density at radius 2 is 2.00 bits per heavy atom. The molecule has 1 aliphatic heterocycles. The van der Waals surface area contributed by atoms with E-state index in [1.807, 2.05) is 43.5 Å². The molecule has 1 fully saturated rings. The number of aromatic nitrogens is 1. The number of rotatable bonds is 5. The second kappa shape index (κ2) is 8.32. The molecule has 0 spiro atoms. The Bertz CT molecular complexity index is 715. The summed E-state index contributed by atoms with van der Waals surface area (Å²) in [5, 5.41) is 3.59. The minimum atomic E-state index is 0.0255. The average molecular weight is 359 g/mol. The number of nitrogens with zero attached hydrogens (tertiary/aromatic N) is 3. The van der Waals surface area contributed by atoms with Gasteiger partial charge in [-0.15, -0.1) is 0 Å². The summed E-state index contributed by atoms with van der Waals surface area (Å²) < 4.78 is 0. The Balaban J connectivity index is 1.44. The van der Waals surface area contributed by atoms with E-state index in [-0.39, 0.29) is 5.91 Å². The van der Waals surface area contributed by atoms with Gasteiger partial charge in [-0.3, -0.25) is 9.69 Å². The maximum atomic E-state index is 12.2. The molecule has 0 atom stereocenters. The zero-order valence-corrected chi connectivity index (χ0v) is 15.2. The number of carbonyl (C=O) groups excluding carboxylic acids is 1. The van der Waals surface area contributed by atoms with Gasteiger partial charge in [0.25, 0.3) is 0 Å². The Kier molecular flexibility index (Phi) is 5.89. The first-order chi connectivity index (χ1) is 12.1. The number of carbonyl (C=O) groups is 1. The monoisotopic (exact) mass is 358 g/mol. The minimum Gasteiger partial charge on any atom is -0.354 e. The maximum absolute atomic E-state index is 12.2. The van der Waals surface area contributed by atoms with Crippen LogP contribution in [0.4, 0.5) is 11.5 Å². The SMILES string of the molecule is Cc1ccc(Cl)cc1NC(=O)CCN1CCN(c2ccccn2)CC1. The quantitative estimate of drug-likeness (QED) is 0.891. The zero-order valence-electron chi connectivity index (χ0n) is 14.4. The summed E-state index contributed by atoms with van der Waals surface area (Å²) in [6.07, 6.45) is 2.30. The molecule has 1 aliphatic rings. The van der Waals surface area contributed by atoms with Crippen LogP contribution in [-0.2, 0) is 4.79 Å². The molecule has 0 bridgehead atoms. The fourth-order valence-electron chi connectivity index (χ4n) is 2.94. The van der Waals surface area contributed by atoms with Crippen molar-refractivity contribution in [3.8, 4) is 0 Å². The third kappa shape index (κ3) is 4.94. The second-order valence-electron chi connectivity index (χ2n) is 6.27. The number of nitrogens with one attached hydrogen (secondary N) is 1. The fourth-order valence-corrected chi connectivity index (χ4v) is 3.11. The summed E-state index contributed by atoms with van der Waals surface area (Å²) in [4.78, 5) is 21.2. The molecular weight excluding hydrogens is 336 g/mol. The van der Waals surface area contributed by atoms with Crippen molar-refractivity contribution in [1.82, 2.24) is 9.88 Å². The molecule has 0 radical (unpaired) electrons. The largest absolute Gasteiger partial charge is 0.354 e. The minimum absolute atomic E-state index is 0.0255. The molecule has 1 saturated heterocycles. The van der Waals surface area contributed by atoms with Crippen molar-refractivity contribution in [3.63, 3.8) is 0 Å². The number of piperazine rings is 1. The van der Waals surface area contributed by atoms with E-state index in [4.69, 9.17) is 11.6 Å². The molecular formula is C19H23ClN4O. The van der Waals surface area contributed by atoms with E-state index in [2.05, 4.69) is 20.1 Å². The predicted octanol–water partition coefficient (Wildman–Crippen LogP) is 3.19. The summed E-state index contributed by atoms with van der Waals surface area (Å²) in [6.45, 7) is 6.49. The van der Waals surface area contributed by atoms with Crippen LogP contribution in [0.1, 0.15) is 12.0 Å². The Morgan fingerprint density at radius 1 is 1.20 bits per heavy atom. The van der Waals surface area contributed by atoms with Crippen LogP contribution in [0.2, 0.25) is 5.02 Å². The average Bonchev–Trinajstić information content (AvgIpc) is 2.64. The van der Waals surface area contributed by atoms with Gasteiger partial charge < -0.3 is 10.2 Å². The van der Waals surface area contributed by atoms with E-state index >= 15 is 0 Å². The topological polar surface area (TPSA) is 48.5 Å². The van der Waals surface area contributed by atoms with Gasteiger partial charge in [0, 0.05) is 56.1 Å². The molecule has 1 aromatic carbocycles. The number of halogens is 1. The van der Waals surface area contributed by atoms with E-state index in [1.165, 1.54) is 0 Å². The van der Waals surface area contributed by atoms with Crippen molar-refractivity contribution in [2.75, 3.05) is 42.9 Å². The molecule has 2 aromatic rings. The molecule has 1 amide bonds. The molecule has 6 heteroatoms. The first-order valence-corrected chi connectivity index (χ1v) is 8.94. The lowest BCUT2D eigenvalue weighted by Crippen LogP contribution is -2.47. The summed E-state index contributed by atoms with van der Waals surface area (Å²) >= 11 is 5.99. The molecule has 3 rings (SSSR count). The third-order valence-electron chi connectivity index (χ3n) is 4.47. The molecule has 0 unspecified atom stereocenters. The first-order valence-electron chi connectivity index (χ1n) is 8.56. The van der Waals surface area contributed by atoms with Gasteiger partial charge in [0.15, 0.2) is 0 Å². The van der Waals surface area contributed by atoms with Gasteiger partial charge in [0.1, 0.15) is 5.82 Å². The van der Waals surface area contributed by atoms with Crippen LogP contribution < -0.4 is 10.2 Å². The van der Waals surface area contributed by atoms with E-state index in [9.17, 15) is 4.79 Å². The molecule has 0 saturated carbocycles. The van der Waals surface area contributed by atoms with Crippen LogP contribution in [0, 0.1) is 6.92 Å². The van der Waals surface area contributed by atoms with Gasteiger partial charge in [-0.2, -0.15) is 0 Å². The van der Waals surface area contributed by atoms with Gasteiger partial charge >= 0.3 is 0 Å². The maximum Gasteiger partial charge on any atom is 0.225 e. The van der Waals surface area contributed by atoms with Crippen molar-refractivity contribution >= 4 is 29.0 Å². The summed E-state index contributed by atoms with van der Waals surface area (Å²) in [5.74, 6) is 1.05. The van der Waals surface area contributed by atoms with Gasteiger partial charge in [0.05, 0.1) is 0 Å². The fraction of sp³-hybridized carbons (Fsp3) is 0.368. The lowest BCUT2D eigenvalue weighted by molar-refractivity contribution is -0.116. The number of hydrogen-bond donors (Lipinski definition) is 1. The van der Waals surface area contributed by atoms with Gasteiger partial charge in [-0.05, 0) is 36.8 Å². The number of benzene rings is 1. The van der Waals surface area contributed by atoms with Crippen LogP contribution in [0.15, 0.2) is 42.6 Å². The number of aryl methyl sites for hydroxylation is 1. The van der Waals surface area contributed by atoms with E-state index < -0.39 is 0 Å². The lowest BCUT2D eigenvalue weighted by Gasteiger charge is -2.35. The Hall–Kier alpha value is -2.11. The van der Waals surface area contributed by atoms with Crippen LogP contribution in [0.3, 0.4) is 0 Å². The molecule has 1 aromatic heterocycles. The molecule has 2 heterocycles. The van der Waals surface area contributed by atoms with Gasteiger partial charge in [-0.25, -0.2) is 4.98 Å². The predicted molar refractivity (Wildman–Crippen MR) is 102 cm³/mol. The number of pyridine rings is 1. The Morgan fingerprint density at radius 3 is 2.72 bits per heavy atom. The first kappa shape index (κ1) is 17.7.